The third kappa shape index (κ3) is 3.85. The molecule has 0 unspecified atom stereocenters. The molecule has 0 saturated heterocycles. The maximum atomic E-state index is 13.1. The van der Waals surface area contributed by atoms with Crippen LogP contribution in [0.4, 0.5) is 5.69 Å². The summed E-state index contributed by atoms with van der Waals surface area (Å²) in [4.78, 5) is 30.5. The van der Waals surface area contributed by atoms with Gasteiger partial charge in [-0.05, 0) is 56.9 Å². The van der Waals surface area contributed by atoms with Crippen molar-refractivity contribution in [2.45, 2.75) is 39.2 Å². The molecule has 0 aliphatic heterocycles. The van der Waals surface area contributed by atoms with Gasteiger partial charge in [0.2, 0.25) is 0 Å². The van der Waals surface area contributed by atoms with Crippen molar-refractivity contribution in [3.05, 3.63) is 65.4 Å². The Bertz CT molecular complexity index is 1110. The van der Waals surface area contributed by atoms with E-state index in [0.717, 1.165) is 41.4 Å². The zero-order valence-corrected chi connectivity index (χ0v) is 17.1. The number of amides is 1. The fourth-order valence-electron chi connectivity index (χ4n) is 3.80. The first-order valence-electron chi connectivity index (χ1n) is 10.2. The van der Waals surface area contributed by atoms with Crippen LogP contribution in [0.25, 0.3) is 10.9 Å². The Balaban J connectivity index is 1.55. The number of anilines is 1. The highest BCUT2D eigenvalue weighted by Crippen LogP contribution is 2.31. The number of hydrogen-bond donors (Lipinski definition) is 1. The average Bonchev–Trinajstić information content (AvgIpc) is 3.21. The van der Waals surface area contributed by atoms with Crippen LogP contribution in [0.2, 0.25) is 0 Å². The summed E-state index contributed by atoms with van der Waals surface area (Å²) in [6.07, 6.45) is 1.64. The van der Waals surface area contributed by atoms with Crippen LogP contribution < -0.4 is 10.1 Å². The summed E-state index contributed by atoms with van der Waals surface area (Å²) in [5.74, 6) is -0.331. The van der Waals surface area contributed by atoms with Gasteiger partial charge in [-0.3, -0.25) is 9.78 Å². The van der Waals surface area contributed by atoms with Crippen LogP contribution in [0, 0.1) is 0 Å². The number of aryl methyl sites for hydroxylation is 1. The van der Waals surface area contributed by atoms with Gasteiger partial charge in [0, 0.05) is 11.1 Å². The molecule has 1 atom stereocenters. The Labute approximate surface area is 175 Å². The van der Waals surface area contributed by atoms with Gasteiger partial charge in [0.1, 0.15) is 5.75 Å². The Morgan fingerprint density at radius 3 is 2.70 bits per heavy atom. The van der Waals surface area contributed by atoms with E-state index in [-0.39, 0.29) is 0 Å². The summed E-state index contributed by atoms with van der Waals surface area (Å²) in [6.45, 7) is 3.93. The predicted octanol–water partition coefficient (Wildman–Crippen LogP) is 4.31. The molecule has 1 aromatic heterocycles. The number of fused-ring (bicyclic) bond motifs is 2. The summed E-state index contributed by atoms with van der Waals surface area (Å²) in [5.41, 5.74) is 3.73. The van der Waals surface area contributed by atoms with Gasteiger partial charge in [-0.2, -0.15) is 0 Å². The van der Waals surface area contributed by atoms with Gasteiger partial charge >= 0.3 is 5.97 Å². The highest BCUT2D eigenvalue weighted by molar-refractivity contribution is 6.06. The summed E-state index contributed by atoms with van der Waals surface area (Å²) >= 11 is 0. The van der Waals surface area contributed by atoms with E-state index in [9.17, 15) is 9.59 Å². The Kier molecular flexibility index (Phi) is 5.65. The third-order valence-electron chi connectivity index (χ3n) is 5.22. The van der Waals surface area contributed by atoms with Crippen LogP contribution in [-0.4, -0.2) is 29.6 Å². The number of para-hydroxylation sites is 3. The van der Waals surface area contributed by atoms with E-state index in [0.29, 0.717) is 23.6 Å². The first-order chi connectivity index (χ1) is 14.6. The lowest BCUT2D eigenvalue weighted by atomic mass is 10.0. The van der Waals surface area contributed by atoms with E-state index in [1.54, 1.807) is 25.1 Å². The molecule has 4 rings (SSSR count). The molecular weight excluding hydrogens is 380 g/mol. The molecule has 1 aliphatic rings. The van der Waals surface area contributed by atoms with Gasteiger partial charge in [-0.1, -0.05) is 30.3 Å². The summed E-state index contributed by atoms with van der Waals surface area (Å²) in [5, 5.41) is 3.55. The number of hydrogen-bond acceptors (Lipinski definition) is 5. The third-order valence-corrected chi connectivity index (χ3v) is 5.22. The summed E-state index contributed by atoms with van der Waals surface area (Å²) < 4.78 is 11.1. The number of carbonyl (C=O) groups is 2. The predicted molar refractivity (Wildman–Crippen MR) is 115 cm³/mol. The fourth-order valence-corrected chi connectivity index (χ4v) is 3.80. The number of benzene rings is 2. The van der Waals surface area contributed by atoms with Crippen molar-refractivity contribution in [3.63, 3.8) is 0 Å². The fraction of sp³-hybridized carbons (Fsp3) is 0.292. The number of ether oxygens (including phenoxy) is 2. The molecule has 154 valence electrons. The van der Waals surface area contributed by atoms with Crippen molar-refractivity contribution in [2.24, 2.45) is 0 Å². The van der Waals surface area contributed by atoms with Crippen LogP contribution in [0.5, 0.6) is 5.75 Å². The minimum Gasteiger partial charge on any atom is -0.492 e. The van der Waals surface area contributed by atoms with Gasteiger partial charge in [0.15, 0.2) is 6.10 Å². The molecule has 0 radical (unpaired) electrons. The maximum Gasteiger partial charge on any atom is 0.339 e. The highest BCUT2D eigenvalue weighted by atomic mass is 16.5. The lowest BCUT2D eigenvalue weighted by Crippen LogP contribution is -2.30. The van der Waals surface area contributed by atoms with Gasteiger partial charge in [0.05, 0.1) is 23.4 Å². The first-order valence-corrected chi connectivity index (χ1v) is 10.2. The normalized spacial score (nSPS) is 13.5. The van der Waals surface area contributed by atoms with E-state index in [4.69, 9.17) is 14.5 Å². The minimum absolute atomic E-state index is 0.412. The molecule has 1 amide bonds. The molecular formula is C24H24N2O4. The van der Waals surface area contributed by atoms with Crippen LogP contribution in [0.1, 0.15) is 41.9 Å². The SMILES string of the molecule is CCOc1ccccc1NC(=O)[C@@H](C)OC(=O)c1c2c(nc3ccccc13)CCC2. The van der Waals surface area contributed by atoms with Crippen molar-refractivity contribution in [1.82, 2.24) is 4.98 Å². The Morgan fingerprint density at radius 2 is 1.87 bits per heavy atom. The van der Waals surface area contributed by atoms with E-state index >= 15 is 0 Å². The van der Waals surface area contributed by atoms with Gasteiger partial charge in [-0.25, -0.2) is 4.79 Å². The molecule has 30 heavy (non-hydrogen) atoms. The van der Waals surface area contributed by atoms with Crippen LogP contribution in [0.15, 0.2) is 48.5 Å². The molecule has 0 spiro atoms. The molecule has 1 N–H and O–H groups in total. The molecule has 1 heterocycles. The number of carbonyl (C=O) groups excluding carboxylic acids is 2. The van der Waals surface area contributed by atoms with E-state index in [1.165, 1.54) is 0 Å². The molecule has 1 aliphatic carbocycles. The molecule has 6 nitrogen and oxygen atoms in total. The second kappa shape index (κ2) is 8.53. The van der Waals surface area contributed by atoms with Gasteiger partial charge < -0.3 is 14.8 Å². The Hall–Kier alpha value is -3.41. The number of pyridine rings is 1. The van der Waals surface area contributed by atoms with Crippen molar-refractivity contribution in [1.29, 1.82) is 0 Å². The topological polar surface area (TPSA) is 77.5 Å². The second-order valence-electron chi connectivity index (χ2n) is 7.25. The molecule has 0 bridgehead atoms. The highest BCUT2D eigenvalue weighted by Gasteiger charge is 2.27. The van der Waals surface area contributed by atoms with E-state index in [1.807, 2.05) is 37.3 Å². The maximum absolute atomic E-state index is 13.1. The van der Waals surface area contributed by atoms with Crippen LogP contribution in [-0.2, 0) is 22.4 Å². The lowest BCUT2D eigenvalue weighted by molar-refractivity contribution is -0.123. The van der Waals surface area contributed by atoms with Crippen molar-refractivity contribution in [2.75, 3.05) is 11.9 Å². The molecule has 0 fully saturated rings. The molecule has 6 heteroatoms. The number of esters is 1. The zero-order chi connectivity index (χ0) is 21.1. The van der Waals surface area contributed by atoms with Crippen LogP contribution in [0.3, 0.4) is 0 Å². The van der Waals surface area contributed by atoms with E-state index < -0.39 is 18.0 Å². The molecule has 2 aromatic carbocycles. The minimum atomic E-state index is -0.962. The number of rotatable bonds is 6. The van der Waals surface area contributed by atoms with Gasteiger partial charge in [0.25, 0.3) is 5.91 Å². The number of nitrogens with zero attached hydrogens (tertiary/aromatic N) is 1. The zero-order valence-electron chi connectivity index (χ0n) is 17.1. The smallest absolute Gasteiger partial charge is 0.339 e. The van der Waals surface area contributed by atoms with Crippen LogP contribution >= 0.6 is 0 Å². The number of aromatic nitrogens is 1. The molecule has 3 aromatic rings. The largest absolute Gasteiger partial charge is 0.492 e. The van der Waals surface area contributed by atoms with Crippen molar-refractivity contribution in [3.8, 4) is 5.75 Å². The second-order valence-corrected chi connectivity index (χ2v) is 7.25. The summed E-state index contributed by atoms with van der Waals surface area (Å²) in [7, 11) is 0. The quantitative estimate of drug-likeness (QED) is 0.620. The average molecular weight is 404 g/mol. The molecule has 0 saturated carbocycles. The van der Waals surface area contributed by atoms with Crippen molar-refractivity contribution >= 4 is 28.5 Å². The standard InChI is InChI=1S/C24H24N2O4/c1-3-29-21-14-7-6-12-20(21)26-23(27)15(2)30-24(28)22-16-9-4-5-11-18(16)25-19-13-8-10-17(19)22/h4-7,9,11-12,14-15H,3,8,10,13H2,1-2H3,(H,26,27)/t15-/m1/s1. The number of nitrogens with one attached hydrogen (secondary N) is 1. The first kappa shape index (κ1) is 19.9. The monoisotopic (exact) mass is 404 g/mol. The van der Waals surface area contributed by atoms with Crippen molar-refractivity contribution < 1.29 is 19.1 Å². The Morgan fingerprint density at radius 1 is 1.10 bits per heavy atom. The van der Waals surface area contributed by atoms with Gasteiger partial charge in [-0.15, -0.1) is 0 Å². The van der Waals surface area contributed by atoms with E-state index in [2.05, 4.69) is 5.32 Å². The summed E-state index contributed by atoms with van der Waals surface area (Å²) in [6, 6.07) is 14.7. The lowest BCUT2D eigenvalue weighted by Gasteiger charge is -2.17.